The predicted octanol–water partition coefficient (Wildman–Crippen LogP) is 2.11. The highest BCUT2D eigenvalue weighted by molar-refractivity contribution is 5.96. The quantitative estimate of drug-likeness (QED) is 0.794. The molecule has 2 rings (SSSR count). The summed E-state index contributed by atoms with van der Waals surface area (Å²) in [5.41, 5.74) is 7.01. The topological polar surface area (TPSA) is 84.2 Å². The van der Waals surface area contributed by atoms with Crippen LogP contribution in [0.3, 0.4) is 0 Å². The third-order valence-electron chi connectivity index (χ3n) is 2.69. The molecule has 0 atom stereocenters. The largest absolute Gasteiger partial charge is 0.351 e. The number of nitrogens with one attached hydrogen (secondary N) is 2. The summed E-state index contributed by atoms with van der Waals surface area (Å²) in [7, 11) is 0. The maximum Gasteiger partial charge on any atom is 0.316 e. The van der Waals surface area contributed by atoms with Gasteiger partial charge < -0.3 is 16.4 Å². The van der Waals surface area contributed by atoms with Gasteiger partial charge in [0.2, 0.25) is 0 Å². The molecule has 0 spiro atoms. The van der Waals surface area contributed by atoms with Gasteiger partial charge in [-0.05, 0) is 23.8 Å². The number of carbonyl (C=O) groups is 2. The molecule has 4 N–H and O–H groups in total. The van der Waals surface area contributed by atoms with Gasteiger partial charge >= 0.3 is 6.03 Å². The van der Waals surface area contributed by atoms with Crippen molar-refractivity contribution in [2.24, 2.45) is 5.73 Å². The van der Waals surface area contributed by atoms with Crippen molar-refractivity contribution in [2.45, 2.75) is 6.54 Å². The number of nitrogens with two attached hydrogens (primary N) is 1. The second-order valence-corrected chi connectivity index (χ2v) is 4.24. The summed E-state index contributed by atoms with van der Waals surface area (Å²) in [6.07, 6.45) is 0. The van der Waals surface area contributed by atoms with E-state index >= 15 is 0 Å². The van der Waals surface area contributed by atoms with Crippen LogP contribution in [-0.2, 0) is 6.54 Å². The number of rotatable bonds is 4. The smallest absolute Gasteiger partial charge is 0.316 e. The molecule has 3 amide bonds. The monoisotopic (exact) mass is 269 g/mol. The van der Waals surface area contributed by atoms with Crippen LogP contribution in [0.2, 0.25) is 0 Å². The Morgan fingerprint density at radius 3 is 2.45 bits per heavy atom. The number of primary amides is 1. The number of benzene rings is 2. The van der Waals surface area contributed by atoms with Crippen LogP contribution < -0.4 is 16.4 Å². The molecule has 0 saturated heterocycles. The SMILES string of the molecule is NC(=O)Nc1cccc(C(=O)NCc2ccccc2)c1. The Kier molecular flexibility index (Phi) is 4.34. The maximum atomic E-state index is 12.0. The lowest BCUT2D eigenvalue weighted by molar-refractivity contribution is 0.0951. The molecule has 0 aliphatic heterocycles. The van der Waals surface area contributed by atoms with Crippen molar-refractivity contribution in [3.8, 4) is 0 Å². The summed E-state index contributed by atoms with van der Waals surface area (Å²) in [6, 6.07) is 15.6. The molecule has 0 bridgehead atoms. The normalized spacial score (nSPS) is 9.80. The minimum Gasteiger partial charge on any atom is -0.351 e. The Labute approximate surface area is 116 Å². The highest BCUT2D eigenvalue weighted by Crippen LogP contribution is 2.10. The maximum absolute atomic E-state index is 12.0. The molecule has 2 aromatic carbocycles. The van der Waals surface area contributed by atoms with E-state index < -0.39 is 6.03 Å². The standard InChI is InChI=1S/C15H15N3O2/c16-15(20)18-13-8-4-7-12(9-13)14(19)17-10-11-5-2-1-3-6-11/h1-9H,10H2,(H,17,19)(H3,16,18,20). The van der Waals surface area contributed by atoms with Crippen molar-refractivity contribution in [2.75, 3.05) is 5.32 Å². The fourth-order valence-corrected chi connectivity index (χ4v) is 1.76. The van der Waals surface area contributed by atoms with E-state index in [-0.39, 0.29) is 5.91 Å². The molecule has 0 radical (unpaired) electrons. The second kappa shape index (κ2) is 6.38. The van der Waals surface area contributed by atoms with Crippen LogP contribution in [0, 0.1) is 0 Å². The first-order chi connectivity index (χ1) is 9.65. The number of urea groups is 1. The van der Waals surface area contributed by atoms with Crippen molar-refractivity contribution in [1.29, 1.82) is 0 Å². The lowest BCUT2D eigenvalue weighted by Crippen LogP contribution is -2.23. The van der Waals surface area contributed by atoms with Gasteiger partial charge in [-0.3, -0.25) is 4.79 Å². The van der Waals surface area contributed by atoms with Crippen LogP contribution in [0.25, 0.3) is 0 Å². The van der Waals surface area contributed by atoms with Gasteiger partial charge in [-0.25, -0.2) is 4.79 Å². The number of hydrogen-bond acceptors (Lipinski definition) is 2. The van der Waals surface area contributed by atoms with Gasteiger partial charge in [0.15, 0.2) is 0 Å². The van der Waals surface area contributed by atoms with E-state index in [2.05, 4.69) is 10.6 Å². The van der Waals surface area contributed by atoms with E-state index in [0.717, 1.165) is 5.56 Å². The van der Waals surface area contributed by atoms with Crippen molar-refractivity contribution >= 4 is 17.6 Å². The fourth-order valence-electron chi connectivity index (χ4n) is 1.76. The van der Waals surface area contributed by atoms with Crippen LogP contribution in [0.1, 0.15) is 15.9 Å². The van der Waals surface area contributed by atoms with Gasteiger partial charge in [0.05, 0.1) is 0 Å². The number of carbonyl (C=O) groups excluding carboxylic acids is 2. The Morgan fingerprint density at radius 2 is 1.75 bits per heavy atom. The Bertz CT molecular complexity index is 612. The molecule has 5 heteroatoms. The molecule has 0 aliphatic carbocycles. The zero-order valence-corrected chi connectivity index (χ0v) is 10.8. The van der Waals surface area contributed by atoms with Crippen molar-refractivity contribution < 1.29 is 9.59 Å². The third kappa shape index (κ3) is 3.84. The van der Waals surface area contributed by atoms with E-state index in [1.807, 2.05) is 30.3 Å². The van der Waals surface area contributed by atoms with Gasteiger partial charge in [-0.1, -0.05) is 36.4 Å². The van der Waals surface area contributed by atoms with Gasteiger partial charge in [0.1, 0.15) is 0 Å². The average molecular weight is 269 g/mol. The van der Waals surface area contributed by atoms with Crippen molar-refractivity contribution in [3.05, 3.63) is 65.7 Å². The van der Waals surface area contributed by atoms with Gasteiger partial charge in [-0.2, -0.15) is 0 Å². The summed E-state index contributed by atoms with van der Waals surface area (Å²) in [4.78, 5) is 22.8. The second-order valence-electron chi connectivity index (χ2n) is 4.24. The molecule has 0 unspecified atom stereocenters. The first-order valence-electron chi connectivity index (χ1n) is 6.14. The van der Waals surface area contributed by atoms with Crippen LogP contribution in [0.5, 0.6) is 0 Å². The summed E-state index contributed by atoms with van der Waals surface area (Å²) >= 11 is 0. The zero-order valence-electron chi connectivity index (χ0n) is 10.8. The zero-order chi connectivity index (χ0) is 14.4. The highest BCUT2D eigenvalue weighted by Gasteiger charge is 2.06. The molecule has 0 saturated carbocycles. The van der Waals surface area contributed by atoms with Crippen LogP contribution in [0.15, 0.2) is 54.6 Å². The average Bonchev–Trinajstić information content (AvgIpc) is 2.45. The van der Waals surface area contributed by atoms with E-state index in [9.17, 15) is 9.59 Å². The molecule has 0 aromatic heterocycles. The molecule has 20 heavy (non-hydrogen) atoms. The van der Waals surface area contributed by atoms with Gasteiger partial charge in [0, 0.05) is 17.8 Å². The van der Waals surface area contributed by atoms with E-state index in [1.54, 1.807) is 24.3 Å². The third-order valence-corrected chi connectivity index (χ3v) is 2.69. The molecular formula is C15H15N3O2. The fraction of sp³-hybridized carbons (Fsp3) is 0.0667. The number of hydrogen-bond donors (Lipinski definition) is 3. The Balaban J connectivity index is 2.00. The van der Waals surface area contributed by atoms with Crippen LogP contribution in [-0.4, -0.2) is 11.9 Å². The van der Waals surface area contributed by atoms with Crippen molar-refractivity contribution in [3.63, 3.8) is 0 Å². The van der Waals surface area contributed by atoms with Crippen LogP contribution >= 0.6 is 0 Å². The van der Waals surface area contributed by atoms with Crippen molar-refractivity contribution in [1.82, 2.24) is 5.32 Å². The summed E-state index contributed by atoms with van der Waals surface area (Å²) < 4.78 is 0. The number of anilines is 1. The molecule has 102 valence electrons. The minimum absolute atomic E-state index is 0.207. The van der Waals surface area contributed by atoms with Crippen LogP contribution in [0.4, 0.5) is 10.5 Å². The molecule has 2 aromatic rings. The molecule has 0 fully saturated rings. The Morgan fingerprint density at radius 1 is 1.00 bits per heavy atom. The number of amides is 3. The highest BCUT2D eigenvalue weighted by atomic mass is 16.2. The molecule has 0 aliphatic rings. The van der Waals surface area contributed by atoms with E-state index in [4.69, 9.17) is 5.73 Å². The lowest BCUT2D eigenvalue weighted by atomic mass is 10.1. The first kappa shape index (κ1) is 13.6. The summed E-state index contributed by atoms with van der Waals surface area (Å²) in [6.45, 7) is 0.452. The van der Waals surface area contributed by atoms with E-state index in [0.29, 0.717) is 17.8 Å². The molecular weight excluding hydrogens is 254 g/mol. The van der Waals surface area contributed by atoms with Gasteiger partial charge in [0.25, 0.3) is 5.91 Å². The summed E-state index contributed by atoms with van der Waals surface area (Å²) in [5.74, 6) is -0.207. The lowest BCUT2D eigenvalue weighted by Gasteiger charge is -2.07. The predicted molar refractivity (Wildman–Crippen MR) is 77.3 cm³/mol. The first-order valence-corrected chi connectivity index (χ1v) is 6.14. The summed E-state index contributed by atoms with van der Waals surface area (Å²) in [5, 5.41) is 5.25. The van der Waals surface area contributed by atoms with E-state index in [1.165, 1.54) is 0 Å². The Hall–Kier alpha value is -2.82. The molecule has 0 heterocycles. The minimum atomic E-state index is -0.660. The van der Waals surface area contributed by atoms with Gasteiger partial charge in [-0.15, -0.1) is 0 Å². The molecule has 5 nitrogen and oxygen atoms in total.